The Bertz CT molecular complexity index is 729. The van der Waals surface area contributed by atoms with Crippen LogP contribution in [0.15, 0.2) is 99.2 Å². The lowest BCUT2D eigenvalue weighted by molar-refractivity contribution is 0.103. The fourth-order valence-electron chi connectivity index (χ4n) is 3.01. The Kier molecular flexibility index (Phi) is 8.04. The van der Waals surface area contributed by atoms with E-state index in [9.17, 15) is 4.79 Å². The van der Waals surface area contributed by atoms with Crippen LogP contribution in [0.3, 0.4) is 0 Å². The smallest absolute Gasteiger partial charge is 0.193 e. The molecule has 3 heteroatoms. The van der Waals surface area contributed by atoms with Gasteiger partial charge in [-0.25, -0.2) is 0 Å². The van der Waals surface area contributed by atoms with Crippen LogP contribution in [0.4, 0.5) is 11.4 Å². The van der Waals surface area contributed by atoms with Gasteiger partial charge in [-0.15, -0.1) is 26.3 Å². The molecule has 0 saturated carbocycles. The number of benzene rings is 2. The van der Waals surface area contributed by atoms with Gasteiger partial charge in [0.25, 0.3) is 0 Å². The van der Waals surface area contributed by atoms with E-state index < -0.39 is 0 Å². The highest BCUT2D eigenvalue weighted by atomic mass is 16.1. The van der Waals surface area contributed by atoms with E-state index in [4.69, 9.17) is 0 Å². The number of hydrogen-bond acceptors (Lipinski definition) is 3. The molecular weight excluding hydrogens is 344 g/mol. The third kappa shape index (κ3) is 5.34. The number of carbonyl (C=O) groups is 1. The first kappa shape index (κ1) is 21.0. The predicted octanol–water partition coefficient (Wildman–Crippen LogP) is 5.27. The molecule has 0 unspecified atom stereocenters. The zero-order chi connectivity index (χ0) is 20.4. The second kappa shape index (κ2) is 10.7. The summed E-state index contributed by atoms with van der Waals surface area (Å²) in [4.78, 5) is 17.1. The number of anilines is 2. The fourth-order valence-corrected chi connectivity index (χ4v) is 3.01. The normalized spacial score (nSPS) is 10.0. The van der Waals surface area contributed by atoms with Gasteiger partial charge in [-0.05, 0) is 48.5 Å². The monoisotopic (exact) mass is 372 g/mol. The Morgan fingerprint density at radius 3 is 1.14 bits per heavy atom. The van der Waals surface area contributed by atoms with Gasteiger partial charge in [0, 0.05) is 48.7 Å². The van der Waals surface area contributed by atoms with Crippen LogP contribution >= 0.6 is 0 Å². The average molecular weight is 373 g/mol. The summed E-state index contributed by atoms with van der Waals surface area (Å²) >= 11 is 0. The minimum Gasteiger partial charge on any atom is -0.364 e. The Labute approximate surface area is 168 Å². The van der Waals surface area contributed by atoms with Gasteiger partial charge >= 0.3 is 0 Å². The average Bonchev–Trinajstić information content (AvgIpc) is 2.73. The van der Waals surface area contributed by atoms with Crippen LogP contribution in [-0.4, -0.2) is 32.0 Å². The summed E-state index contributed by atoms with van der Waals surface area (Å²) in [5.41, 5.74) is 3.41. The van der Waals surface area contributed by atoms with Crippen LogP contribution in [0, 0.1) is 0 Å². The molecule has 0 atom stereocenters. The van der Waals surface area contributed by atoms with Crippen molar-refractivity contribution in [2.75, 3.05) is 36.0 Å². The van der Waals surface area contributed by atoms with Gasteiger partial charge in [0.05, 0.1) is 0 Å². The SMILES string of the molecule is C=CCN(CC=C)c1ccc(C(=O)c2ccc(N(CC=C)CC=C)cc2)cc1. The first-order valence-electron chi connectivity index (χ1n) is 9.32. The molecule has 0 aromatic heterocycles. The van der Waals surface area contributed by atoms with Crippen molar-refractivity contribution in [1.82, 2.24) is 0 Å². The standard InChI is InChI=1S/C25H28N2O/c1-5-17-26(18-6-2)23-13-9-21(10-14-23)25(28)22-11-15-24(16-12-22)27(19-7-3)20-8-4/h5-16H,1-4,17-20H2. The van der Waals surface area contributed by atoms with Crippen molar-refractivity contribution in [3.63, 3.8) is 0 Å². The first-order valence-corrected chi connectivity index (χ1v) is 9.32. The molecule has 2 aromatic carbocycles. The largest absolute Gasteiger partial charge is 0.364 e. The van der Waals surface area contributed by atoms with Gasteiger partial charge in [-0.3, -0.25) is 4.79 Å². The highest BCUT2D eigenvalue weighted by molar-refractivity contribution is 6.09. The summed E-state index contributed by atoms with van der Waals surface area (Å²) in [6.07, 6.45) is 7.41. The molecule has 28 heavy (non-hydrogen) atoms. The lowest BCUT2D eigenvalue weighted by Crippen LogP contribution is -2.23. The summed E-state index contributed by atoms with van der Waals surface area (Å²) in [5.74, 6) is 0.0103. The van der Waals surface area contributed by atoms with E-state index in [1.807, 2.05) is 72.8 Å². The second-order valence-electron chi connectivity index (χ2n) is 6.39. The topological polar surface area (TPSA) is 23.6 Å². The lowest BCUT2D eigenvalue weighted by atomic mass is 10.0. The fraction of sp³-hybridized carbons (Fsp3) is 0.160. The van der Waals surface area contributed by atoms with Crippen LogP contribution in [0.5, 0.6) is 0 Å². The summed E-state index contributed by atoms with van der Waals surface area (Å²) < 4.78 is 0. The van der Waals surface area contributed by atoms with Crippen molar-refractivity contribution < 1.29 is 4.79 Å². The van der Waals surface area contributed by atoms with Crippen molar-refractivity contribution in [1.29, 1.82) is 0 Å². The van der Waals surface area contributed by atoms with Crippen molar-refractivity contribution in [3.05, 3.63) is 110 Å². The predicted molar refractivity (Wildman–Crippen MR) is 122 cm³/mol. The van der Waals surface area contributed by atoms with Gasteiger partial charge in [-0.2, -0.15) is 0 Å². The molecule has 0 radical (unpaired) electrons. The lowest BCUT2D eigenvalue weighted by Gasteiger charge is -2.22. The summed E-state index contributed by atoms with van der Waals surface area (Å²) in [6, 6.07) is 15.3. The number of carbonyl (C=O) groups excluding carboxylic acids is 1. The molecule has 0 bridgehead atoms. The van der Waals surface area contributed by atoms with E-state index in [1.165, 1.54) is 0 Å². The summed E-state index contributed by atoms with van der Waals surface area (Å²) in [7, 11) is 0. The maximum Gasteiger partial charge on any atom is 0.193 e. The van der Waals surface area contributed by atoms with E-state index in [-0.39, 0.29) is 5.78 Å². The molecule has 0 heterocycles. The number of nitrogens with zero attached hydrogens (tertiary/aromatic N) is 2. The highest BCUT2D eigenvalue weighted by Crippen LogP contribution is 2.20. The molecule has 0 saturated heterocycles. The Morgan fingerprint density at radius 1 is 0.607 bits per heavy atom. The molecule has 0 aliphatic carbocycles. The summed E-state index contributed by atoms with van der Waals surface area (Å²) in [6.45, 7) is 18.1. The van der Waals surface area contributed by atoms with Crippen LogP contribution in [0.2, 0.25) is 0 Å². The molecule has 0 amide bonds. The van der Waals surface area contributed by atoms with Crippen LogP contribution in [-0.2, 0) is 0 Å². The van der Waals surface area contributed by atoms with E-state index in [2.05, 4.69) is 36.1 Å². The van der Waals surface area contributed by atoms with Crippen LogP contribution < -0.4 is 9.80 Å². The maximum atomic E-state index is 12.8. The third-order valence-corrected chi connectivity index (χ3v) is 4.39. The van der Waals surface area contributed by atoms with Crippen molar-refractivity contribution in [2.45, 2.75) is 0 Å². The number of ketones is 1. The van der Waals surface area contributed by atoms with Gasteiger partial charge in [-0.1, -0.05) is 24.3 Å². The molecular formula is C25H28N2O. The number of rotatable bonds is 12. The van der Waals surface area contributed by atoms with Gasteiger partial charge in [0.15, 0.2) is 5.78 Å². The Hall–Kier alpha value is -3.33. The van der Waals surface area contributed by atoms with E-state index in [0.717, 1.165) is 37.6 Å². The Morgan fingerprint density at radius 2 is 0.893 bits per heavy atom. The second-order valence-corrected chi connectivity index (χ2v) is 6.39. The molecule has 0 aliphatic rings. The minimum absolute atomic E-state index is 0.0103. The third-order valence-electron chi connectivity index (χ3n) is 4.39. The summed E-state index contributed by atoms with van der Waals surface area (Å²) in [5, 5.41) is 0. The van der Waals surface area contributed by atoms with Crippen LogP contribution in [0.1, 0.15) is 15.9 Å². The molecule has 0 N–H and O–H groups in total. The first-order chi connectivity index (χ1) is 13.6. The minimum atomic E-state index is 0.0103. The maximum absolute atomic E-state index is 12.8. The highest BCUT2D eigenvalue weighted by Gasteiger charge is 2.11. The molecule has 0 fully saturated rings. The molecule has 2 aromatic rings. The van der Waals surface area contributed by atoms with Gasteiger partial charge in [0.2, 0.25) is 0 Å². The zero-order valence-corrected chi connectivity index (χ0v) is 16.4. The van der Waals surface area contributed by atoms with E-state index in [1.54, 1.807) is 0 Å². The molecule has 0 spiro atoms. The van der Waals surface area contributed by atoms with Crippen LogP contribution in [0.25, 0.3) is 0 Å². The molecule has 144 valence electrons. The van der Waals surface area contributed by atoms with Crippen molar-refractivity contribution in [2.24, 2.45) is 0 Å². The quantitative estimate of drug-likeness (QED) is 0.374. The van der Waals surface area contributed by atoms with E-state index >= 15 is 0 Å². The Balaban J connectivity index is 2.16. The van der Waals surface area contributed by atoms with E-state index in [0.29, 0.717) is 11.1 Å². The zero-order valence-electron chi connectivity index (χ0n) is 16.4. The van der Waals surface area contributed by atoms with Crippen molar-refractivity contribution >= 4 is 17.2 Å². The molecule has 2 rings (SSSR count). The van der Waals surface area contributed by atoms with Gasteiger partial charge in [0.1, 0.15) is 0 Å². The molecule has 0 aliphatic heterocycles. The number of hydrogen-bond donors (Lipinski definition) is 0. The van der Waals surface area contributed by atoms with Gasteiger partial charge < -0.3 is 9.80 Å². The van der Waals surface area contributed by atoms with Crippen molar-refractivity contribution in [3.8, 4) is 0 Å². The molecule has 3 nitrogen and oxygen atoms in total.